The van der Waals surface area contributed by atoms with Crippen molar-refractivity contribution in [2.45, 2.75) is 33.6 Å². The highest BCUT2D eigenvalue weighted by molar-refractivity contribution is 6.32. The average molecular weight is 411 g/mol. The summed E-state index contributed by atoms with van der Waals surface area (Å²) in [7, 11) is 1.50. The summed E-state index contributed by atoms with van der Waals surface area (Å²) >= 11 is 6.01. The maximum atomic E-state index is 12.3. The molecule has 2 rings (SSSR count). The van der Waals surface area contributed by atoms with E-state index in [0.29, 0.717) is 42.4 Å². The molecule has 1 fully saturated rings. The van der Waals surface area contributed by atoms with E-state index in [4.69, 9.17) is 21.1 Å². The molecule has 7 nitrogen and oxygen atoms in total. The SMILES string of the molecule is COc1ccc(NC(=O)COC(=O)C2CCN(C(=O)C(C)(C)C)CC2)cc1Cl. The molecule has 1 heterocycles. The molecular formula is C20H27ClN2O5. The van der Waals surface area contributed by atoms with Crippen molar-refractivity contribution < 1.29 is 23.9 Å². The van der Waals surface area contributed by atoms with Crippen molar-refractivity contribution in [1.82, 2.24) is 4.90 Å². The smallest absolute Gasteiger partial charge is 0.309 e. The van der Waals surface area contributed by atoms with Crippen LogP contribution in [-0.4, -0.2) is 49.5 Å². The Morgan fingerprint density at radius 2 is 1.86 bits per heavy atom. The maximum absolute atomic E-state index is 12.3. The number of hydrogen-bond donors (Lipinski definition) is 1. The predicted octanol–water partition coefficient (Wildman–Crippen LogP) is 3.12. The van der Waals surface area contributed by atoms with Crippen LogP contribution in [0.1, 0.15) is 33.6 Å². The second kappa shape index (κ2) is 9.28. The topological polar surface area (TPSA) is 84.9 Å². The van der Waals surface area contributed by atoms with Gasteiger partial charge in [0.15, 0.2) is 6.61 Å². The largest absolute Gasteiger partial charge is 0.495 e. The Hall–Kier alpha value is -2.28. The molecule has 8 heteroatoms. The molecule has 0 bridgehead atoms. The zero-order valence-corrected chi connectivity index (χ0v) is 17.5. The van der Waals surface area contributed by atoms with Crippen LogP contribution in [0, 0.1) is 11.3 Å². The molecule has 1 aliphatic rings. The molecular weight excluding hydrogens is 384 g/mol. The summed E-state index contributed by atoms with van der Waals surface area (Å²) in [5, 5.41) is 2.99. The zero-order valence-electron chi connectivity index (χ0n) is 16.7. The van der Waals surface area contributed by atoms with E-state index in [0.717, 1.165) is 0 Å². The lowest BCUT2D eigenvalue weighted by Crippen LogP contribution is -2.45. The van der Waals surface area contributed by atoms with Crippen molar-refractivity contribution in [2.75, 3.05) is 32.1 Å². The van der Waals surface area contributed by atoms with Crippen molar-refractivity contribution in [1.29, 1.82) is 0 Å². The summed E-state index contributed by atoms with van der Waals surface area (Å²) in [5.74, 6) is -0.577. The van der Waals surface area contributed by atoms with Crippen LogP contribution >= 0.6 is 11.6 Å². The maximum Gasteiger partial charge on any atom is 0.309 e. The van der Waals surface area contributed by atoms with Gasteiger partial charge in [0.1, 0.15) is 5.75 Å². The summed E-state index contributed by atoms with van der Waals surface area (Å²) in [6, 6.07) is 4.84. The number of carbonyl (C=O) groups is 3. The molecule has 154 valence electrons. The van der Waals surface area contributed by atoms with Crippen molar-refractivity contribution in [2.24, 2.45) is 11.3 Å². The highest BCUT2D eigenvalue weighted by atomic mass is 35.5. The standard InChI is InChI=1S/C20H27ClN2O5/c1-20(2,3)19(26)23-9-7-13(8-10-23)18(25)28-12-17(24)22-14-5-6-16(27-4)15(21)11-14/h5-6,11,13H,7-10,12H2,1-4H3,(H,22,24). The van der Waals surface area contributed by atoms with Gasteiger partial charge in [-0.15, -0.1) is 0 Å². The van der Waals surface area contributed by atoms with Crippen LogP contribution in [0.4, 0.5) is 5.69 Å². The lowest BCUT2D eigenvalue weighted by Gasteiger charge is -2.34. The number of benzene rings is 1. The molecule has 0 atom stereocenters. The van der Waals surface area contributed by atoms with Crippen LogP contribution in [0.2, 0.25) is 5.02 Å². The number of ether oxygens (including phenoxy) is 2. The van der Waals surface area contributed by atoms with Crippen molar-refractivity contribution in [3.8, 4) is 5.75 Å². The first-order chi connectivity index (χ1) is 13.1. The number of nitrogens with one attached hydrogen (secondary N) is 1. The van der Waals surface area contributed by atoms with Crippen LogP contribution in [0.5, 0.6) is 5.75 Å². The fourth-order valence-electron chi connectivity index (χ4n) is 2.99. The molecule has 1 aromatic carbocycles. The molecule has 1 aromatic rings. The number of halogens is 1. The van der Waals surface area contributed by atoms with E-state index in [2.05, 4.69) is 5.32 Å². The number of carbonyl (C=O) groups excluding carboxylic acids is 3. The highest BCUT2D eigenvalue weighted by Crippen LogP contribution is 2.27. The van der Waals surface area contributed by atoms with Crippen molar-refractivity contribution in [3.63, 3.8) is 0 Å². The van der Waals surface area contributed by atoms with E-state index in [1.807, 2.05) is 20.8 Å². The lowest BCUT2D eigenvalue weighted by atomic mass is 9.91. The number of likely N-dealkylation sites (tertiary alicyclic amines) is 1. The first-order valence-electron chi connectivity index (χ1n) is 9.21. The molecule has 1 N–H and O–H groups in total. The van der Waals surface area contributed by atoms with Gasteiger partial charge in [0.2, 0.25) is 5.91 Å². The number of methoxy groups -OCH3 is 1. The number of amides is 2. The van der Waals surface area contributed by atoms with E-state index in [1.54, 1.807) is 23.1 Å². The van der Waals surface area contributed by atoms with Gasteiger partial charge < -0.3 is 19.7 Å². The van der Waals surface area contributed by atoms with Gasteiger partial charge >= 0.3 is 5.97 Å². The molecule has 1 saturated heterocycles. The van der Waals surface area contributed by atoms with Gasteiger partial charge in [0, 0.05) is 24.2 Å². The van der Waals surface area contributed by atoms with Gasteiger partial charge in [-0.25, -0.2) is 0 Å². The fraction of sp³-hybridized carbons (Fsp3) is 0.550. The quantitative estimate of drug-likeness (QED) is 0.754. The summed E-state index contributed by atoms with van der Waals surface area (Å²) < 4.78 is 10.2. The minimum absolute atomic E-state index is 0.0804. The predicted molar refractivity (Wildman–Crippen MR) is 106 cm³/mol. The minimum Gasteiger partial charge on any atom is -0.495 e. The zero-order chi connectivity index (χ0) is 20.9. The Bertz CT molecular complexity index is 737. The molecule has 0 aliphatic carbocycles. The Labute approximate surface area is 170 Å². The Balaban J connectivity index is 1.77. The average Bonchev–Trinajstić information content (AvgIpc) is 2.65. The second-order valence-corrected chi connectivity index (χ2v) is 8.23. The Morgan fingerprint density at radius 3 is 2.39 bits per heavy atom. The van der Waals surface area contributed by atoms with Gasteiger partial charge in [-0.2, -0.15) is 0 Å². The van der Waals surface area contributed by atoms with E-state index >= 15 is 0 Å². The van der Waals surface area contributed by atoms with Gasteiger partial charge in [-0.1, -0.05) is 32.4 Å². The number of anilines is 1. The Morgan fingerprint density at radius 1 is 1.21 bits per heavy atom. The van der Waals surface area contributed by atoms with E-state index < -0.39 is 17.3 Å². The molecule has 0 unspecified atom stereocenters. The monoisotopic (exact) mass is 410 g/mol. The first-order valence-corrected chi connectivity index (χ1v) is 9.59. The number of esters is 1. The molecule has 1 aliphatic heterocycles. The summed E-state index contributed by atoms with van der Waals surface area (Å²) in [6.45, 7) is 6.31. The van der Waals surface area contributed by atoms with Crippen LogP contribution in [0.3, 0.4) is 0 Å². The van der Waals surface area contributed by atoms with E-state index in [1.165, 1.54) is 7.11 Å². The van der Waals surface area contributed by atoms with Crippen molar-refractivity contribution >= 4 is 35.1 Å². The summed E-state index contributed by atoms with van der Waals surface area (Å²) in [4.78, 5) is 38.3. The highest BCUT2D eigenvalue weighted by Gasteiger charge is 2.33. The van der Waals surface area contributed by atoms with Crippen LogP contribution in [-0.2, 0) is 19.1 Å². The molecule has 0 aromatic heterocycles. The first kappa shape index (κ1) is 22.0. The lowest BCUT2D eigenvalue weighted by molar-refractivity contribution is -0.155. The van der Waals surface area contributed by atoms with Gasteiger partial charge in [-0.05, 0) is 31.0 Å². The second-order valence-electron chi connectivity index (χ2n) is 7.82. The van der Waals surface area contributed by atoms with Gasteiger partial charge in [0.25, 0.3) is 5.91 Å². The number of piperidine rings is 1. The third-order valence-electron chi connectivity index (χ3n) is 4.54. The molecule has 0 spiro atoms. The molecule has 2 amide bonds. The van der Waals surface area contributed by atoms with Gasteiger partial charge in [0.05, 0.1) is 18.1 Å². The Kier molecular flexibility index (Phi) is 7.29. The number of rotatable bonds is 5. The third-order valence-corrected chi connectivity index (χ3v) is 4.83. The molecule has 28 heavy (non-hydrogen) atoms. The van der Waals surface area contributed by atoms with Crippen LogP contribution < -0.4 is 10.1 Å². The van der Waals surface area contributed by atoms with E-state index in [9.17, 15) is 14.4 Å². The number of hydrogen-bond acceptors (Lipinski definition) is 5. The van der Waals surface area contributed by atoms with E-state index in [-0.39, 0.29) is 18.4 Å². The van der Waals surface area contributed by atoms with Crippen LogP contribution in [0.25, 0.3) is 0 Å². The minimum atomic E-state index is -0.449. The summed E-state index contributed by atoms with van der Waals surface area (Å²) in [6.07, 6.45) is 1.08. The normalized spacial score (nSPS) is 15.1. The summed E-state index contributed by atoms with van der Waals surface area (Å²) in [5.41, 5.74) is 0.0522. The van der Waals surface area contributed by atoms with Crippen molar-refractivity contribution in [3.05, 3.63) is 23.2 Å². The fourth-order valence-corrected chi connectivity index (χ4v) is 3.25. The van der Waals surface area contributed by atoms with Crippen LogP contribution in [0.15, 0.2) is 18.2 Å². The van der Waals surface area contributed by atoms with Gasteiger partial charge in [-0.3, -0.25) is 14.4 Å². The third kappa shape index (κ3) is 5.86. The molecule has 0 radical (unpaired) electrons. The number of nitrogens with zero attached hydrogens (tertiary/aromatic N) is 1. The molecule has 0 saturated carbocycles.